The van der Waals surface area contributed by atoms with Gasteiger partial charge in [0.2, 0.25) is 0 Å². The molecule has 1 aliphatic rings. The number of pyridine rings is 1. The highest BCUT2D eigenvalue weighted by atomic mass is 32.1. The molecule has 1 saturated heterocycles. The van der Waals surface area contributed by atoms with Gasteiger partial charge in [-0.15, -0.1) is 0 Å². The average molecular weight is 427 g/mol. The zero-order valence-corrected chi connectivity index (χ0v) is 18.8. The van der Waals surface area contributed by atoms with Gasteiger partial charge in [0.15, 0.2) is 4.96 Å². The first-order valence-electron chi connectivity index (χ1n) is 11.2. The Hall–Kier alpha value is -2.76. The molecule has 0 N–H and O–H groups in total. The first-order valence-corrected chi connectivity index (χ1v) is 12.0. The summed E-state index contributed by atoms with van der Waals surface area (Å²) in [7, 11) is 0. The van der Waals surface area contributed by atoms with Crippen LogP contribution in [0.3, 0.4) is 0 Å². The molecule has 0 amide bonds. The summed E-state index contributed by atoms with van der Waals surface area (Å²) in [6.07, 6.45) is 3.79. The van der Waals surface area contributed by atoms with Crippen molar-refractivity contribution in [2.24, 2.45) is 0 Å². The van der Waals surface area contributed by atoms with E-state index in [1.165, 1.54) is 40.9 Å². The lowest BCUT2D eigenvalue weighted by Gasteiger charge is -2.20. The van der Waals surface area contributed by atoms with Crippen molar-refractivity contribution < 1.29 is 0 Å². The standard InChI is InChI=1S/C26H26N4S/c1-17-6-5-14-29(17)15-13-19-9-11-21-20(16-19)10-12-23(27-21)25-18(2)30-24-8-4-3-7-22(24)28-26(30)31-25/h3-4,7-12,16-17H,5-6,13-15H2,1-2H3/t17-/m1/s1. The Balaban J connectivity index is 1.32. The summed E-state index contributed by atoms with van der Waals surface area (Å²) in [5, 5.41) is 1.22. The van der Waals surface area contributed by atoms with Gasteiger partial charge in [-0.05, 0) is 75.5 Å². The van der Waals surface area contributed by atoms with E-state index in [-0.39, 0.29) is 0 Å². The number of thiazole rings is 1. The van der Waals surface area contributed by atoms with Crippen molar-refractivity contribution in [2.75, 3.05) is 13.1 Å². The Kier molecular flexibility index (Phi) is 4.55. The summed E-state index contributed by atoms with van der Waals surface area (Å²) >= 11 is 1.72. The number of hydrogen-bond donors (Lipinski definition) is 0. The molecule has 156 valence electrons. The predicted molar refractivity (Wildman–Crippen MR) is 130 cm³/mol. The number of para-hydroxylation sites is 2. The Morgan fingerprint density at radius 3 is 2.81 bits per heavy atom. The lowest BCUT2D eigenvalue weighted by atomic mass is 10.1. The quantitative estimate of drug-likeness (QED) is 0.348. The maximum absolute atomic E-state index is 5.01. The van der Waals surface area contributed by atoms with Crippen molar-refractivity contribution in [1.82, 2.24) is 19.3 Å². The second kappa shape index (κ2) is 7.43. The van der Waals surface area contributed by atoms with Gasteiger partial charge in [-0.2, -0.15) is 0 Å². The van der Waals surface area contributed by atoms with Crippen LogP contribution in [-0.2, 0) is 6.42 Å². The minimum atomic E-state index is 0.733. The van der Waals surface area contributed by atoms with E-state index < -0.39 is 0 Å². The number of nitrogens with zero attached hydrogens (tertiary/aromatic N) is 4. The maximum Gasteiger partial charge on any atom is 0.195 e. The maximum atomic E-state index is 5.01. The molecule has 1 fully saturated rings. The average Bonchev–Trinajstić information content (AvgIpc) is 3.46. The van der Waals surface area contributed by atoms with Gasteiger partial charge in [-0.25, -0.2) is 9.97 Å². The van der Waals surface area contributed by atoms with Crippen molar-refractivity contribution in [2.45, 2.75) is 39.2 Å². The lowest BCUT2D eigenvalue weighted by Crippen LogP contribution is -2.28. The van der Waals surface area contributed by atoms with E-state index in [9.17, 15) is 0 Å². The van der Waals surface area contributed by atoms with E-state index in [1.807, 2.05) is 6.07 Å². The normalized spacial score (nSPS) is 17.4. The van der Waals surface area contributed by atoms with Crippen molar-refractivity contribution in [3.8, 4) is 10.6 Å². The second-order valence-corrected chi connectivity index (χ2v) is 9.71. The molecule has 5 aromatic rings. The van der Waals surface area contributed by atoms with E-state index in [2.05, 4.69) is 71.7 Å². The third kappa shape index (κ3) is 3.24. The molecule has 4 nitrogen and oxygen atoms in total. The van der Waals surface area contributed by atoms with Crippen LogP contribution in [0.25, 0.3) is 37.5 Å². The molecule has 3 aromatic heterocycles. The molecule has 0 radical (unpaired) electrons. The zero-order chi connectivity index (χ0) is 20.9. The molecule has 1 aliphatic heterocycles. The summed E-state index contributed by atoms with van der Waals surface area (Å²) in [6.45, 7) is 6.92. The van der Waals surface area contributed by atoms with Gasteiger partial charge in [0.25, 0.3) is 0 Å². The molecule has 4 heterocycles. The molecular formula is C26H26N4S. The molecule has 0 unspecified atom stereocenters. The number of benzene rings is 2. The van der Waals surface area contributed by atoms with Gasteiger partial charge >= 0.3 is 0 Å². The largest absolute Gasteiger partial charge is 0.300 e. The van der Waals surface area contributed by atoms with Gasteiger partial charge in [0, 0.05) is 23.7 Å². The van der Waals surface area contributed by atoms with Gasteiger partial charge in [0.05, 0.1) is 27.1 Å². The highest BCUT2D eigenvalue weighted by Gasteiger charge is 2.19. The summed E-state index contributed by atoms with van der Waals surface area (Å²) in [5.41, 5.74) is 6.91. The van der Waals surface area contributed by atoms with E-state index in [0.717, 1.165) is 46.2 Å². The van der Waals surface area contributed by atoms with Crippen LogP contribution in [-0.4, -0.2) is 38.4 Å². The molecule has 6 rings (SSSR count). The number of aromatic nitrogens is 3. The van der Waals surface area contributed by atoms with Gasteiger partial charge in [-0.3, -0.25) is 4.40 Å². The molecule has 31 heavy (non-hydrogen) atoms. The molecule has 1 atom stereocenters. The van der Waals surface area contributed by atoms with Crippen molar-refractivity contribution in [1.29, 1.82) is 0 Å². The number of likely N-dealkylation sites (tertiary alicyclic amines) is 1. The smallest absolute Gasteiger partial charge is 0.195 e. The third-order valence-electron chi connectivity index (χ3n) is 6.75. The topological polar surface area (TPSA) is 33.4 Å². The van der Waals surface area contributed by atoms with Crippen LogP contribution >= 0.6 is 11.3 Å². The molecule has 0 bridgehead atoms. The fourth-order valence-electron chi connectivity index (χ4n) is 4.96. The van der Waals surface area contributed by atoms with Crippen LogP contribution in [0, 0.1) is 6.92 Å². The van der Waals surface area contributed by atoms with Crippen LogP contribution in [0.4, 0.5) is 0 Å². The number of imidazole rings is 1. The number of rotatable bonds is 4. The number of fused-ring (bicyclic) bond motifs is 4. The second-order valence-electron chi connectivity index (χ2n) is 8.74. The first kappa shape index (κ1) is 19.0. The minimum Gasteiger partial charge on any atom is -0.300 e. The van der Waals surface area contributed by atoms with Crippen molar-refractivity contribution in [3.63, 3.8) is 0 Å². The van der Waals surface area contributed by atoms with Crippen LogP contribution in [0.5, 0.6) is 0 Å². The van der Waals surface area contributed by atoms with Crippen LogP contribution in [0.15, 0.2) is 54.6 Å². The molecule has 0 spiro atoms. The number of hydrogen-bond acceptors (Lipinski definition) is 4. The van der Waals surface area contributed by atoms with Crippen molar-refractivity contribution in [3.05, 3.63) is 65.9 Å². The first-order chi connectivity index (χ1) is 15.2. The van der Waals surface area contributed by atoms with Gasteiger partial charge in [0.1, 0.15) is 0 Å². The van der Waals surface area contributed by atoms with Crippen LogP contribution < -0.4 is 0 Å². The summed E-state index contributed by atoms with van der Waals surface area (Å²) in [4.78, 5) is 14.7. The van der Waals surface area contributed by atoms with E-state index in [0.29, 0.717) is 0 Å². The minimum absolute atomic E-state index is 0.733. The summed E-state index contributed by atoms with van der Waals surface area (Å²) in [6, 6.07) is 20.2. The highest BCUT2D eigenvalue weighted by Crippen LogP contribution is 2.35. The Bertz CT molecular complexity index is 1410. The molecule has 0 aliphatic carbocycles. The SMILES string of the molecule is Cc1c(-c2ccc3cc(CCN4CCC[C@H]4C)ccc3n2)sc2nc3ccccc3n12. The van der Waals surface area contributed by atoms with Crippen LogP contribution in [0.2, 0.25) is 0 Å². The molecular weight excluding hydrogens is 400 g/mol. The summed E-state index contributed by atoms with van der Waals surface area (Å²) < 4.78 is 2.25. The fourth-order valence-corrected chi connectivity index (χ4v) is 6.07. The van der Waals surface area contributed by atoms with E-state index >= 15 is 0 Å². The zero-order valence-electron chi connectivity index (χ0n) is 18.0. The predicted octanol–water partition coefficient (Wildman–Crippen LogP) is 6.10. The Morgan fingerprint density at radius 2 is 1.94 bits per heavy atom. The Labute approximate surface area is 186 Å². The van der Waals surface area contributed by atoms with Gasteiger partial charge < -0.3 is 4.90 Å². The summed E-state index contributed by atoms with van der Waals surface area (Å²) in [5.74, 6) is 0. The molecule has 0 saturated carbocycles. The lowest BCUT2D eigenvalue weighted by molar-refractivity contribution is 0.272. The fraction of sp³-hybridized carbons (Fsp3) is 0.308. The molecule has 5 heteroatoms. The van der Waals surface area contributed by atoms with Crippen molar-refractivity contribution >= 4 is 38.2 Å². The van der Waals surface area contributed by atoms with Gasteiger partial charge in [-0.1, -0.05) is 35.6 Å². The van der Waals surface area contributed by atoms with Crippen LogP contribution in [0.1, 0.15) is 31.0 Å². The van der Waals surface area contributed by atoms with E-state index in [4.69, 9.17) is 9.97 Å². The molecule has 2 aromatic carbocycles. The highest BCUT2D eigenvalue weighted by molar-refractivity contribution is 7.20. The monoisotopic (exact) mass is 426 g/mol. The number of aryl methyl sites for hydroxylation is 1. The third-order valence-corrected chi connectivity index (χ3v) is 7.92. The Morgan fingerprint density at radius 1 is 1.03 bits per heavy atom. The van der Waals surface area contributed by atoms with E-state index in [1.54, 1.807) is 11.3 Å².